The summed E-state index contributed by atoms with van der Waals surface area (Å²) in [6.45, 7) is 0. The topological polar surface area (TPSA) is 43.1 Å². The molecule has 0 atom stereocenters. The molecular weight excluding hydrogens is 269 g/mol. The van der Waals surface area contributed by atoms with E-state index >= 15 is 0 Å². The molecule has 4 heteroatoms. The fourth-order valence-electron chi connectivity index (χ4n) is 1.81. The highest BCUT2D eigenvalue weighted by atomic mass is 35.5. The SMILES string of the molecule is NC(=O)c1ccccc1Cc1c(Cl)cccc1Cl. The van der Waals surface area contributed by atoms with Gasteiger partial charge >= 0.3 is 0 Å². The molecule has 2 aromatic carbocycles. The summed E-state index contributed by atoms with van der Waals surface area (Å²) in [5.41, 5.74) is 7.45. The van der Waals surface area contributed by atoms with Crippen LogP contribution in [0.1, 0.15) is 21.5 Å². The van der Waals surface area contributed by atoms with Gasteiger partial charge in [-0.15, -0.1) is 0 Å². The maximum atomic E-state index is 11.3. The molecule has 18 heavy (non-hydrogen) atoms. The molecule has 92 valence electrons. The van der Waals surface area contributed by atoms with Crippen molar-refractivity contribution in [2.24, 2.45) is 5.73 Å². The smallest absolute Gasteiger partial charge is 0.248 e. The number of halogens is 2. The summed E-state index contributed by atoms with van der Waals surface area (Å²) in [7, 11) is 0. The summed E-state index contributed by atoms with van der Waals surface area (Å²) in [6.07, 6.45) is 0.484. The van der Waals surface area contributed by atoms with E-state index in [1.807, 2.05) is 12.1 Å². The van der Waals surface area contributed by atoms with Gasteiger partial charge in [0.25, 0.3) is 0 Å². The van der Waals surface area contributed by atoms with Crippen LogP contribution in [-0.4, -0.2) is 5.91 Å². The van der Waals surface area contributed by atoms with E-state index in [2.05, 4.69) is 0 Å². The molecule has 0 heterocycles. The van der Waals surface area contributed by atoms with Gasteiger partial charge in [-0.05, 0) is 29.3 Å². The van der Waals surface area contributed by atoms with Gasteiger partial charge in [0.05, 0.1) is 0 Å². The van der Waals surface area contributed by atoms with Gasteiger partial charge in [0.1, 0.15) is 0 Å². The Morgan fingerprint density at radius 3 is 2.22 bits per heavy atom. The van der Waals surface area contributed by atoms with Crippen LogP contribution in [-0.2, 0) is 6.42 Å². The van der Waals surface area contributed by atoms with Crippen molar-refractivity contribution in [3.63, 3.8) is 0 Å². The third-order valence-corrected chi connectivity index (χ3v) is 3.42. The molecule has 0 saturated carbocycles. The average molecular weight is 280 g/mol. The van der Waals surface area contributed by atoms with E-state index in [9.17, 15) is 4.79 Å². The predicted molar refractivity (Wildman–Crippen MR) is 74.2 cm³/mol. The molecule has 2 aromatic rings. The highest BCUT2D eigenvalue weighted by Gasteiger charge is 2.11. The Kier molecular flexibility index (Phi) is 3.90. The largest absolute Gasteiger partial charge is 0.366 e. The maximum Gasteiger partial charge on any atom is 0.248 e. The van der Waals surface area contributed by atoms with Crippen molar-refractivity contribution >= 4 is 29.1 Å². The minimum Gasteiger partial charge on any atom is -0.366 e. The summed E-state index contributed by atoms with van der Waals surface area (Å²) >= 11 is 12.2. The average Bonchev–Trinajstić information content (AvgIpc) is 2.34. The Hall–Kier alpha value is -1.51. The summed E-state index contributed by atoms with van der Waals surface area (Å²) in [6, 6.07) is 12.5. The molecule has 2 N–H and O–H groups in total. The summed E-state index contributed by atoms with van der Waals surface area (Å²) in [4.78, 5) is 11.3. The first-order chi connectivity index (χ1) is 8.59. The van der Waals surface area contributed by atoms with Crippen molar-refractivity contribution in [1.29, 1.82) is 0 Å². The van der Waals surface area contributed by atoms with Crippen LogP contribution in [0.25, 0.3) is 0 Å². The normalized spacial score (nSPS) is 10.3. The Labute approximate surface area is 115 Å². The van der Waals surface area contributed by atoms with Gasteiger partial charge in [-0.3, -0.25) is 4.79 Å². The van der Waals surface area contributed by atoms with Gasteiger partial charge in [0.15, 0.2) is 0 Å². The highest BCUT2D eigenvalue weighted by molar-refractivity contribution is 6.36. The van der Waals surface area contributed by atoms with Crippen molar-refractivity contribution in [3.05, 3.63) is 69.2 Å². The molecule has 0 aliphatic carbocycles. The van der Waals surface area contributed by atoms with Gasteiger partial charge in [-0.2, -0.15) is 0 Å². The van der Waals surface area contributed by atoms with E-state index in [0.717, 1.165) is 11.1 Å². The predicted octanol–water partition coefficient (Wildman–Crippen LogP) is 3.68. The molecule has 2 rings (SSSR count). The van der Waals surface area contributed by atoms with Crippen molar-refractivity contribution in [2.75, 3.05) is 0 Å². The number of rotatable bonds is 3. The van der Waals surface area contributed by atoms with Crippen molar-refractivity contribution in [1.82, 2.24) is 0 Å². The Morgan fingerprint density at radius 1 is 1.00 bits per heavy atom. The minimum absolute atomic E-state index is 0.450. The van der Waals surface area contributed by atoms with Crippen LogP contribution in [0.2, 0.25) is 10.0 Å². The fourth-order valence-corrected chi connectivity index (χ4v) is 2.34. The Bertz CT molecular complexity index is 576. The molecule has 0 radical (unpaired) electrons. The molecule has 0 aliphatic heterocycles. The van der Waals surface area contributed by atoms with Crippen LogP contribution < -0.4 is 5.73 Å². The van der Waals surface area contributed by atoms with Gasteiger partial charge < -0.3 is 5.73 Å². The van der Waals surface area contributed by atoms with Gasteiger partial charge in [-0.1, -0.05) is 47.5 Å². The number of benzene rings is 2. The number of carbonyl (C=O) groups excluding carboxylic acids is 1. The zero-order valence-corrected chi connectivity index (χ0v) is 11.0. The number of nitrogens with two attached hydrogens (primary N) is 1. The first kappa shape index (κ1) is 12.9. The molecule has 0 aliphatic rings. The van der Waals surface area contributed by atoms with Crippen LogP contribution >= 0.6 is 23.2 Å². The standard InChI is InChI=1S/C14H11Cl2NO/c15-12-6-3-7-13(16)11(12)8-9-4-1-2-5-10(9)14(17)18/h1-7H,8H2,(H2,17,18). The molecular formula is C14H11Cl2NO. The lowest BCUT2D eigenvalue weighted by molar-refractivity contribution is 0.0999. The molecule has 2 nitrogen and oxygen atoms in total. The number of amides is 1. The second-order valence-electron chi connectivity index (χ2n) is 3.90. The monoisotopic (exact) mass is 279 g/mol. The first-order valence-corrected chi connectivity index (χ1v) is 6.16. The Morgan fingerprint density at radius 2 is 1.61 bits per heavy atom. The molecule has 0 fully saturated rings. The van der Waals surface area contributed by atoms with Crippen molar-refractivity contribution in [2.45, 2.75) is 6.42 Å². The molecule has 1 amide bonds. The summed E-state index contributed by atoms with van der Waals surface area (Å²) in [5.74, 6) is -0.450. The fraction of sp³-hybridized carbons (Fsp3) is 0.0714. The number of carbonyl (C=O) groups is 1. The van der Waals surface area contributed by atoms with E-state index in [1.54, 1.807) is 30.3 Å². The maximum absolute atomic E-state index is 11.3. The second kappa shape index (κ2) is 5.42. The zero-order valence-electron chi connectivity index (χ0n) is 9.49. The van der Waals surface area contributed by atoms with Gasteiger partial charge in [-0.25, -0.2) is 0 Å². The van der Waals surface area contributed by atoms with Gasteiger partial charge in [0.2, 0.25) is 5.91 Å². The third kappa shape index (κ3) is 2.66. The highest BCUT2D eigenvalue weighted by Crippen LogP contribution is 2.27. The summed E-state index contributed by atoms with van der Waals surface area (Å²) < 4.78 is 0. The number of hydrogen-bond acceptors (Lipinski definition) is 1. The molecule has 0 spiro atoms. The van der Waals surface area contributed by atoms with Crippen LogP contribution in [0.3, 0.4) is 0 Å². The quantitative estimate of drug-likeness (QED) is 0.915. The molecule has 0 bridgehead atoms. The van der Waals surface area contributed by atoms with Gasteiger partial charge in [0, 0.05) is 22.0 Å². The second-order valence-corrected chi connectivity index (χ2v) is 4.71. The van der Waals surface area contributed by atoms with Crippen LogP contribution in [0.4, 0.5) is 0 Å². The minimum atomic E-state index is -0.450. The number of hydrogen-bond donors (Lipinski definition) is 1. The van der Waals surface area contributed by atoms with E-state index in [1.165, 1.54) is 0 Å². The first-order valence-electron chi connectivity index (χ1n) is 5.40. The lowest BCUT2D eigenvalue weighted by Crippen LogP contribution is -2.13. The lowest BCUT2D eigenvalue weighted by Gasteiger charge is -2.09. The zero-order chi connectivity index (χ0) is 13.1. The van der Waals surface area contributed by atoms with E-state index in [0.29, 0.717) is 22.0 Å². The van der Waals surface area contributed by atoms with Crippen LogP contribution in [0.5, 0.6) is 0 Å². The molecule has 0 unspecified atom stereocenters. The van der Waals surface area contributed by atoms with Crippen LogP contribution in [0.15, 0.2) is 42.5 Å². The lowest BCUT2D eigenvalue weighted by atomic mass is 9.99. The van der Waals surface area contributed by atoms with E-state index < -0.39 is 5.91 Å². The number of primary amides is 1. The van der Waals surface area contributed by atoms with Crippen molar-refractivity contribution < 1.29 is 4.79 Å². The van der Waals surface area contributed by atoms with E-state index in [4.69, 9.17) is 28.9 Å². The molecule has 0 aromatic heterocycles. The van der Waals surface area contributed by atoms with Crippen LogP contribution in [0, 0.1) is 0 Å². The Balaban J connectivity index is 2.43. The van der Waals surface area contributed by atoms with Crippen molar-refractivity contribution in [3.8, 4) is 0 Å². The summed E-state index contributed by atoms with van der Waals surface area (Å²) in [5, 5.41) is 1.17. The van der Waals surface area contributed by atoms with E-state index in [-0.39, 0.29) is 0 Å². The third-order valence-electron chi connectivity index (χ3n) is 2.71. The molecule has 0 saturated heterocycles.